The summed E-state index contributed by atoms with van der Waals surface area (Å²) in [6.45, 7) is 6.68. The van der Waals surface area contributed by atoms with E-state index in [1.165, 1.54) is 4.90 Å². The number of ether oxygens (including phenoxy) is 6. The number of hydrogen-bond acceptors (Lipinski definition) is 9. The minimum absolute atomic E-state index is 0.163. The molecule has 0 aliphatic carbocycles. The van der Waals surface area contributed by atoms with Crippen LogP contribution in [0.1, 0.15) is 59.7 Å². The van der Waals surface area contributed by atoms with Crippen molar-refractivity contribution in [2.24, 2.45) is 0 Å². The van der Waals surface area contributed by atoms with Gasteiger partial charge in [-0.25, -0.2) is 0 Å². The first-order valence-electron chi connectivity index (χ1n) is 13.1. The molecule has 2 amide bonds. The van der Waals surface area contributed by atoms with Crippen LogP contribution in [-0.2, 0) is 33.2 Å². The Balaban J connectivity index is 1.28. The van der Waals surface area contributed by atoms with Gasteiger partial charge in [0.1, 0.15) is 6.61 Å². The minimum Gasteiger partial charge on any atom is -0.463 e. The number of imide groups is 1. The van der Waals surface area contributed by atoms with Crippen LogP contribution < -0.4 is 0 Å². The fraction of sp³-hybridized carbons (Fsp3) is 0.667. The molecule has 0 saturated heterocycles. The van der Waals surface area contributed by atoms with E-state index in [0.29, 0.717) is 77.0 Å². The molecule has 0 radical (unpaired) electrons. The van der Waals surface area contributed by atoms with Crippen molar-refractivity contribution in [1.82, 2.24) is 4.90 Å². The number of carbonyl (C=O) groups excluding carboxylic acids is 3. The summed E-state index contributed by atoms with van der Waals surface area (Å²) in [5, 5.41) is 0. The van der Waals surface area contributed by atoms with Gasteiger partial charge in [0.2, 0.25) is 0 Å². The zero-order valence-electron chi connectivity index (χ0n) is 22.0. The molecule has 1 aliphatic rings. The first kappa shape index (κ1) is 30.9. The average molecular weight is 524 g/mol. The lowest BCUT2D eigenvalue weighted by atomic mass is 10.1. The largest absolute Gasteiger partial charge is 0.463 e. The Hall–Kier alpha value is -2.37. The van der Waals surface area contributed by atoms with Gasteiger partial charge in [-0.15, -0.1) is 0 Å². The van der Waals surface area contributed by atoms with Crippen molar-refractivity contribution in [3.05, 3.63) is 35.4 Å². The van der Waals surface area contributed by atoms with Crippen molar-refractivity contribution < 1.29 is 42.8 Å². The number of amides is 2. The van der Waals surface area contributed by atoms with Crippen LogP contribution in [0.2, 0.25) is 0 Å². The number of benzene rings is 1. The second-order valence-corrected chi connectivity index (χ2v) is 8.40. The van der Waals surface area contributed by atoms with Crippen molar-refractivity contribution in [2.75, 3.05) is 79.2 Å². The number of unbranched alkanes of at least 4 members (excludes halogenated alkanes) is 3. The molecule has 1 heterocycles. The molecule has 10 nitrogen and oxygen atoms in total. The molecule has 0 unspecified atom stereocenters. The average Bonchev–Trinajstić information content (AvgIpc) is 3.15. The Morgan fingerprint density at radius 3 is 1.59 bits per heavy atom. The molecule has 0 bridgehead atoms. The highest BCUT2D eigenvalue weighted by molar-refractivity contribution is 6.21. The van der Waals surface area contributed by atoms with Crippen LogP contribution in [-0.4, -0.2) is 102 Å². The third-order valence-corrected chi connectivity index (χ3v) is 5.55. The van der Waals surface area contributed by atoms with E-state index in [-0.39, 0.29) is 37.5 Å². The Morgan fingerprint density at radius 2 is 1.11 bits per heavy atom. The van der Waals surface area contributed by atoms with Crippen LogP contribution in [0.3, 0.4) is 0 Å². The molecule has 2 rings (SSSR count). The van der Waals surface area contributed by atoms with Gasteiger partial charge in [0, 0.05) is 6.42 Å². The third-order valence-electron chi connectivity index (χ3n) is 5.55. The first-order chi connectivity index (χ1) is 18.1. The summed E-state index contributed by atoms with van der Waals surface area (Å²) in [5.74, 6) is -0.718. The molecule has 1 aliphatic heterocycles. The first-order valence-corrected chi connectivity index (χ1v) is 13.1. The summed E-state index contributed by atoms with van der Waals surface area (Å²) in [7, 11) is 0. The van der Waals surface area contributed by atoms with Crippen molar-refractivity contribution in [3.8, 4) is 0 Å². The number of hydrogen-bond donors (Lipinski definition) is 0. The van der Waals surface area contributed by atoms with Gasteiger partial charge in [-0.3, -0.25) is 19.3 Å². The highest BCUT2D eigenvalue weighted by atomic mass is 16.6. The van der Waals surface area contributed by atoms with E-state index in [1.54, 1.807) is 24.3 Å². The zero-order chi connectivity index (χ0) is 26.6. The van der Waals surface area contributed by atoms with Crippen molar-refractivity contribution >= 4 is 17.8 Å². The van der Waals surface area contributed by atoms with Gasteiger partial charge in [-0.05, 0) is 18.6 Å². The summed E-state index contributed by atoms with van der Waals surface area (Å²) >= 11 is 0. The van der Waals surface area contributed by atoms with Crippen molar-refractivity contribution in [1.29, 1.82) is 0 Å². The predicted molar refractivity (Wildman–Crippen MR) is 136 cm³/mol. The maximum absolute atomic E-state index is 12.3. The van der Waals surface area contributed by atoms with Gasteiger partial charge in [-0.2, -0.15) is 0 Å². The van der Waals surface area contributed by atoms with Crippen molar-refractivity contribution in [3.63, 3.8) is 0 Å². The van der Waals surface area contributed by atoms with Crippen LogP contribution >= 0.6 is 0 Å². The van der Waals surface area contributed by atoms with E-state index < -0.39 is 0 Å². The quantitative estimate of drug-likeness (QED) is 0.121. The molecular formula is C27H41NO9. The van der Waals surface area contributed by atoms with Crippen molar-refractivity contribution in [2.45, 2.75) is 39.0 Å². The molecule has 0 N–H and O–H groups in total. The fourth-order valence-electron chi connectivity index (χ4n) is 3.56. The maximum Gasteiger partial charge on any atom is 0.305 e. The minimum atomic E-state index is -0.278. The molecule has 0 aromatic heterocycles. The normalized spacial score (nSPS) is 12.8. The molecule has 0 saturated carbocycles. The van der Waals surface area contributed by atoms with Crippen LogP contribution in [0.25, 0.3) is 0 Å². The predicted octanol–water partition coefficient (Wildman–Crippen LogP) is 2.88. The maximum atomic E-state index is 12.3. The molecule has 1 aromatic rings. The molecule has 10 heteroatoms. The molecule has 1 aromatic carbocycles. The number of rotatable bonds is 23. The van der Waals surface area contributed by atoms with Crippen LogP contribution in [0.15, 0.2) is 24.3 Å². The lowest BCUT2D eigenvalue weighted by Gasteiger charge is -2.13. The van der Waals surface area contributed by atoms with Gasteiger partial charge < -0.3 is 28.4 Å². The summed E-state index contributed by atoms with van der Waals surface area (Å²) in [4.78, 5) is 37.2. The second kappa shape index (κ2) is 19.7. The lowest BCUT2D eigenvalue weighted by molar-refractivity contribution is -0.145. The number of carbonyl (C=O) groups is 3. The molecule has 0 fully saturated rings. The zero-order valence-corrected chi connectivity index (χ0v) is 22.0. The van der Waals surface area contributed by atoms with Gasteiger partial charge in [-0.1, -0.05) is 38.3 Å². The molecule has 0 spiro atoms. The summed E-state index contributed by atoms with van der Waals surface area (Å²) < 4.78 is 32.2. The smallest absolute Gasteiger partial charge is 0.305 e. The van der Waals surface area contributed by atoms with Gasteiger partial charge in [0.05, 0.1) is 83.7 Å². The Kier molecular flexibility index (Phi) is 16.4. The second-order valence-electron chi connectivity index (χ2n) is 8.40. The molecular weight excluding hydrogens is 482 g/mol. The van der Waals surface area contributed by atoms with E-state index in [0.717, 1.165) is 25.7 Å². The molecule has 208 valence electrons. The highest BCUT2D eigenvalue weighted by Crippen LogP contribution is 2.21. The lowest BCUT2D eigenvalue weighted by Crippen LogP contribution is -2.33. The topological polar surface area (TPSA) is 110 Å². The number of esters is 1. The number of fused-ring (bicyclic) bond motifs is 1. The summed E-state index contributed by atoms with van der Waals surface area (Å²) in [6, 6.07) is 6.81. The van der Waals surface area contributed by atoms with E-state index in [2.05, 4.69) is 6.92 Å². The standard InChI is InChI=1S/C27H41NO9/c1-2-3-4-5-10-25(29)37-22-21-36-20-19-35-18-17-34-16-15-33-14-13-32-12-11-28-26(30)23-8-6-7-9-24(23)27(28)31/h6-9H,2-5,10-22H2,1H3. The van der Waals surface area contributed by atoms with Crippen LogP contribution in [0.5, 0.6) is 0 Å². The van der Waals surface area contributed by atoms with Crippen LogP contribution in [0, 0.1) is 0 Å². The van der Waals surface area contributed by atoms with E-state index >= 15 is 0 Å². The van der Waals surface area contributed by atoms with E-state index in [4.69, 9.17) is 28.4 Å². The molecule has 37 heavy (non-hydrogen) atoms. The SMILES string of the molecule is CCCCCCC(=O)OCCOCCOCCOCCOCCOCCN1C(=O)c2ccccc2C1=O. The van der Waals surface area contributed by atoms with Crippen LogP contribution in [0.4, 0.5) is 0 Å². The summed E-state index contributed by atoms with van der Waals surface area (Å²) in [5.41, 5.74) is 0.884. The monoisotopic (exact) mass is 523 g/mol. The van der Waals surface area contributed by atoms with E-state index in [1.807, 2.05) is 0 Å². The summed E-state index contributed by atoms with van der Waals surface area (Å²) in [6.07, 6.45) is 4.72. The Bertz CT molecular complexity index is 767. The molecule has 0 atom stereocenters. The highest BCUT2D eigenvalue weighted by Gasteiger charge is 2.34. The fourth-order valence-corrected chi connectivity index (χ4v) is 3.56. The van der Waals surface area contributed by atoms with Gasteiger partial charge in [0.25, 0.3) is 11.8 Å². The Morgan fingerprint density at radius 1 is 0.649 bits per heavy atom. The van der Waals surface area contributed by atoms with E-state index in [9.17, 15) is 14.4 Å². The van der Waals surface area contributed by atoms with Gasteiger partial charge >= 0.3 is 5.97 Å². The Labute approximate surface area is 219 Å². The number of nitrogens with zero attached hydrogens (tertiary/aromatic N) is 1. The third kappa shape index (κ3) is 12.6. The van der Waals surface area contributed by atoms with Gasteiger partial charge in [0.15, 0.2) is 0 Å².